The van der Waals surface area contributed by atoms with E-state index in [9.17, 15) is 0 Å². The van der Waals surface area contributed by atoms with E-state index in [0.29, 0.717) is 17.5 Å². The summed E-state index contributed by atoms with van der Waals surface area (Å²) in [6, 6.07) is 75.7. The number of hydrogen-bond donors (Lipinski definition) is 0. The number of fused-ring (bicyclic) bond motifs is 4. The van der Waals surface area contributed by atoms with Gasteiger partial charge in [-0.3, -0.25) is 0 Å². The minimum atomic E-state index is -0.532. The normalized spacial score (nSPS) is 12.6. The van der Waals surface area contributed by atoms with Crippen LogP contribution in [0.1, 0.15) is 22.3 Å². The number of rotatable bonds is 7. The summed E-state index contributed by atoms with van der Waals surface area (Å²) in [5.41, 5.74) is 13.0. The van der Waals surface area contributed by atoms with Crippen molar-refractivity contribution in [3.05, 3.63) is 235 Å². The molecule has 0 saturated carbocycles. The topological polar surface area (TPSA) is 38.7 Å². The molecule has 0 radical (unpaired) electrons. The average Bonchev–Trinajstić information content (AvgIpc) is 3.88. The van der Waals surface area contributed by atoms with Crippen molar-refractivity contribution < 1.29 is 0 Å². The average molecular weight is 758 g/mol. The van der Waals surface area contributed by atoms with E-state index in [1.807, 2.05) is 17.4 Å². The largest absolute Gasteiger partial charge is 0.208 e. The molecule has 0 atom stereocenters. The van der Waals surface area contributed by atoms with Crippen LogP contribution in [0.4, 0.5) is 0 Å². The first kappa shape index (κ1) is 34.0. The van der Waals surface area contributed by atoms with Crippen LogP contribution in [0.3, 0.4) is 0 Å². The van der Waals surface area contributed by atoms with Gasteiger partial charge in [0.1, 0.15) is 0 Å². The molecule has 0 spiro atoms. The number of nitrogens with zero attached hydrogens (tertiary/aromatic N) is 3. The number of hydrogen-bond acceptors (Lipinski definition) is 4. The van der Waals surface area contributed by atoms with Crippen LogP contribution in [0.2, 0.25) is 0 Å². The Hall–Kier alpha value is -7.27. The Morgan fingerprint density at radius 1 is 0.345 bits per heavy atom. The zero-order valence-corrected chi connectivity index (χ0v) is 32.3. The van der Waals surface area contributed by atoms with Gasteiger partial charge in [-0.1, -0.05) is 194 Å². The van der Waals surface area contributed by atoms with Crippen molar-refractivity contribution in [3.63, 3.8) is 0 Å². The van der Waals surface area contributed by atoms with Crippen LogP contribution in [-0.4, -0.2) is 15.0 Å². The Morgan fingerprint density at radius 3 is 1.62 bits per heavy atom. The lowest BCUT2D eigenvalue weighted by atomic mass is 9.67. The van der Waals surface area contributed by atoms with Crippen LogP contribution < -0.4 is 0 Å². The summed E-state index contributed by atoms with van der Waals surface area (Å²) < 4.78 is 1.28. The standard InChI is InChI=1S/C54H35N3S/c1-4-16-36(17-5-1)39-19-14-20-41(34-39)52-55-51(38-32-30-37(31-33-38)49-35-40-18-10-13-29-48(40)58-49)56-53(57-52)45-26-15-28-47-50(45)44-25-11-12-27-46(44)54(47,42-21-6-2-7-22-42)43-23-8-3-9-24-43/h1-35H. The van der Waals surface area contributed by atoms with Gasteiger partial charge < -0.3 is 0 Å². The van der Waals surface area contributed by atoms with Crippen molar-refractivity contribution in [2.75, 3.05) is 0 Å². The number of benzene rings is 8. The Morgan fingerprint density at radius 2 is 0.879 bits per heavy atom. The van der Waals surface area contributed by atoms with E-state index in [1.54, 1.807) is 0 Å². The highest BCUT2D eigenvalue weighted by Gasteiger charge is 2.47. The van der Waals surface area contributed by atoms with Gasteiger partial charge in [-0.05, 0) is 73.7 Å². The van der Waals surface area contributed by atoms with Crippen LogP contribution in [0.15, 0.2) is 212 Å². The lowest BCUT2D eigenvalue weighted by Gasteiger charge is -2.33. The maximum absolute atomic E-state index is 5.35. The Labute approximate surface area is 341 Å². The molecule has 272 valence electrons. The van der Waals surface area contributed by atoms with Crippen molar-refractivity contribution in [3.8, 4) is 66.9 Å². The minimum absolute atomic E-state index is 0.532. The van der Waals surface area contributed by atoms with E-state index < -0.39 is 5.41 Å². The first-order chi connectivity index (χ1) is 28.7. The predicted octanol–water partition coefficient (Wildman–Crippen LogP) is 13.8. The zero-order valence-electron chi connectivity index (χ0n) is 31.5. The molecule has 0 saturated heterocycles. The molecule has 10 aromatic rings. The van der Waals surface area contributed by atoms with Crippen molar-refractivity contribution in [2.45, 2.75) is 5.41 Å². The van der Waals surface area contributed by atoms with E-state index in [2.05, 4.69) is 206 Å². The van der Waals surface area contributed by atoms with Gasteiger partial charge >= 0.3 is 0 Å². The van der Waals surface area contributed by atoms with Crippen LogP contribution in [-0.2, 0) is 5.41 Å². The van der Waals surface area contributed by atoms with Gasteiger partial charge in [-0.2, -0.15) is 0 Å². The molecule has 0 fully saturated rings. The molecule has 1 aliphatic carbocycles. The van der Waals surface area contributed by atoms with E-state index in [4.69, 9.17) is 15.0 Å². The minimum Gasteiger partial charge on any atom is -0.208 e. The molecule has 0 bridgehead atoms. The summed E-state index contributed by atoms with van der Waals surface area (Å²) >= 11 is 1.81. The zero-order chi connectivity index (χ0) is 38.5. The fourth-order valence-corrected chi connectivity index (χ4v) is 9.88. The van der Waals surface area contributed by atoms with Crippen LogP contribution >= 0.6 is 11.3 Å². The molecule has 0 amide bonds. The molecule has 4 heteroatoms. The van der Waals surface area contributed by atoms with Gasteiger partial charge in [0, 0.05) is 26.3 Å². The van der Waals surface area contributed by atoms with Gasteiger partial charge in [0.05, 0.1) is 5.41 Å². The van der Waals surface area contributed by atoms with Crippen LogP contribution in [0.25, 0.3) is 76.9 Å². The lowest BCUT2D eigenvalue weighted by Crippen LogP contribution is -2.28. The molecule has 1 aliphatic rings. The monoisotopic (exact) mass is 757 g/mol. The first-order valence-corrected chi connectivity index (χ1v) is 20.4. The highest BCUT2D eigenvalue weighted by atomic mass is 32.1. The third kappa shape index (κ3) is 5.61. The number of aromatic nitrogens is 3. The second-order valence-corrected chi connectivity index (χ2v) is 15.8. The van der Waals surface area contributed by atoms with Crippen molar-refractivity contribution in [1.29, 1.82) is 0 Å². The summed E-state index contributed by atoms with van der Waals surface area (Å²) in [6.45, 7) is 0. The van der Waals surface area contributed by atoms with Gasteiger partial charge in [0.2, 0.25) is 0 Å². The third-order valence-electron chi connectivity index (χ3n) is 11.4. The van der Waals surface area contributed by atoms with E-state index >= 15 is 0 Å². The van der Waals surface area contributed by atoms with E-state index in [0.717, 1.165) is 33.4 Å². The van der Waals surface area contributed by atoms with E-state index in [-0.39, 0.29) is 0 Å². The second kappa shape index (κ2) is 14.0. The van der Waals surface area contributed by atoms with Crippen molar-refractivity contribution >= 4 is 21.4 Å². The van der Waals surface area contributed by atoms with Gasteiger partial charge in [0.15, 0.2) is 17.5 Å². The summed E-state index contributed by atoms with van der Waals surface area (Å²) in [5.74, 6) is 1.91. The smallest absolute Gasteiger partial charge is 0.164 e. The molecule has 3 nitrogen and oxygen atoms in total. The highest BCUT2D eigenvalue weighted by Crippen LogP contribution is 2.58. The fraction of sp³-hybridized carbons (Fsp3) is 0.0185. The van der Waals surface area contributed by atoms with Gasteiger partial charge in [-0.25, -0.2) is 15.0 Å². The van der Waals surface area contributed by atoms with Gasteiger partial charge in [-0.15, -0.1) is 11.3 Å². The second-order valence-electron chi connectivity index (χ2n) is 14.7. The summed E-state index contributed by atoms with van der Waals surface area (Å²) in [7, 11) is 0. The summed E-state index contributed by atoms with van der Waals surface area (Å²) in [4.78, 5) is 17.1. The summed E-state index contributed by atoms with van der Waals surface area (Å²) in [6.07, 6.45) is 0. The molecule has 2 aromatic heterocycles. The predicted molar refractivity (Wildman–Crippen MR) is 240 cm³/mol. The molecular formula is C54H35N3S. The number of thiophene rings is 1. The Kier molecular flexibility index (Phi) is 8.23. The molecule has 58 heavy (non-hydrogen) atoms. The third-order valence-corrected chi connectivity index (χ3v) is 12.6. The molecule has 8 aromatic carbocycles. The Bertz CT molecular complexity index is 3030. The van der Waals surface area contributed by atoms with Crippen LogP contribution in [0, 0.1) is 0 Å². The van der Waals surface area contributed by atoms with Crippen molar-refractivity contribution in [2.24, 2.45) is 0 Å². The lowest BCUT2D eigenvalue weighted by molar-refractivity contribution is 0.768. The molecular weight excluding hydrogens is 723 g/mol. The Balaban J connectivity index is 1.13. The first-order valence-electron chi connectivity index (χ1n) is 19.6. The molecule has 11 rings (SSSR count). The fourth-order valence-electron chi connectivity index (χ4n) is 8.81. The maximum atomic E-state index is 5.35. The molecule has 0 unspecified atom stereocenters. The molecule has 2 heterocycles. The maximum Gasteiger partial charge on any atom is 0.164 e. The van der Waals surface area contributed by atoms with Gasteiger partial charge in [0.25, 0.3) is 0 Å². The van der Waals surface area contributed by atoms with E-state index in [1.165, 1.54) is 48.3 Å². The summed E-state index contributed by atoms with van der Waals surface area (Å²) in [5, 5.41) is 1.26. The highest BCUT2D eigenvalue weighted by molar-refractivity contribution is 7.22. The molecule has 0 N–H and O–H groups in total. The van der Waals surface area contributed by atoms with Crippen LogP contribution in [0.5, 0.6) is 0 Å². The van der Waals surface area contributed by atoms with Crippen molar-refractivity contribution in [1.82, 2.24) is 15.0 Å². The quantitative estimate of drug-likeness (QED) is 0.162. The SMILES string of the molecule is c1ccc(-c2cccc(-c3nc(-c4ccc(-c5cc6ccccc6s5)cc4)nc(-c4cccc5c4-c4ccccc4C5(c4ccccc4)c4ccccc4)n3)c2)cc1. The molecule has 0 aliphatic heterocycles.